The zero-order chi connectivity index (χ0) is 13.7. The highest BCUT2D eigenvalue weighted by Crippen LogP contribution is 2.21. The summed E-state index contributed by atoms with van der Waals surface area (Å²) < 4.78 is 5.93. The Morgan fingerprint density at radius 1 is 1.26 bits per heavy atom. The number of hydrogen-bond acceptors (Lipinski definition) is 3. The third-order valence-electron chi connectivity index (χ3n) is 4.19. The molecule has 1 aromatic carbocycles. The predicted octanol–water partition coefficient (Wildman–Crippen LogP) is 2.50. The maximum absolute atomic E-state index is 5.93. The minimum absolute atomic E-state index is 0.479. The van der Waals surface area contributed by atoms with Crippen molar-refractivity contribution in [1.82, 2.24) is 4.90 Å². The van der Waals surface area contributed by atoms with Crippen molar-refractivity contribution in [3.8, 4) is 5.75 Å². The molecule has 1 aliphatic heterocycles. The molecular formula is C16H26N2O. The molecule has 3 heteroatoms. The zero-order valence-corrected chi connectivity index (χ0v) is 12.2. The number of hydrogen-bond donors (Lipinski definition) is 1. The Bertz CT molecular complexity index is 400. The standard InChI is InChI=1S/C16H26N2O/c1-13-6-5-7-16(14(13)2)19-11-8-15(12-17)18-9-3-4-10-18/h5-7,15H,3-4,8-12,17H2,1-2H3. The molecule has 1 atom stereocenters. The third-order valence-corrected chi connectivity index (χ3v) is 4.19. The Labute approximate surface area is 116 Å². The normalized spacial score (nSPS) is 17.6. The topological polar surface area (TPSA) is 38.5 Å². The summed E-state index contributed by atoms with van der Waals surface area (Å²) in [5.41, 5.74) is 8.42. The Kier molecular flexibility index (Phi) is 5.23. The molecule has 1 heterocycles. The average Bonchev–Trinajstić information content (AvgIpc) is 2.93. The van der Waals surface area contributed by atoms with E-state index in [-0.39, 0.29) is 0 Å². The lowest BCUT2D eigenvalue weighted by molar-refractivity contribution is 0.197. The first-order valence-corrected chi connectivity index (χ1v) is 7.35. The van der Waals surface area contributed by atoms with Gasteiger partial charge in [-0.15, -0.1) is 0 Å². The van der Waals surface area contributed by atoms with E-state index in [1.54, 1.807) is 0 Å². The van der Waals surface area contributed by atoms with E-state index in [0.29, 0.717) is 6.04 Å². The lowest BCUT2D eigenvalue weighted by atomic mass is 10.1. The maximum Gasteiger partial charge on any atom is 0.122 e. The van der Waals surface area contributed by atoms with E-state index in [2.05, 4.69) is 36.9 Å². The fraction of sp³-hybridized carbons (Fsp3) is 0.625. The molecule has 19 heavy (non-hydrogen) atoms. The van der Waals surface area contributed by atoms with Crippen LogP contribution in [-0.2, 0) is 0 Å². The average molecular weight is 262 g/mol. The summed E-state index contributed by atoms with van der Waals surface area (Å²) in [7, 11) is 0. The number of rotatable bonds is 6. The van der Waals surface area contributed by atoms with Crippen molar-refractivity contribution in [2.24, 2.45) is 5.73 Å². The van der Waals surface area contributed by atoms with Gasteiger partial charge in [-0.05, 0) is 63.4 Å². The van der Waals surface area contributed by atoms with Crippen LogP contribution in [0.25, 0.3) is 0 Å². The smallest absolute Gasteiger partial charge is 0.122 e. The second-order valence-corrected chi connectivity index (χ2v) is 5.47. The molecule has 1 fully saturated rings. The first-order chi connectivity index (χ1) is 9.22. The monoisotopic (exact) mass is 262 g/mol. The van der Waals surface area contributed by atoms with Gasteiger partial charge in [0.05, 0.1) is 6.61 Å². The molecule has 1 aliphatic rings. The van der Waals surface area contributed by atoms with Gasteiger partial charge in [-0.1, -0.05) is 12.1 Å². The first kappa shape index (κ1) is 14.4. The predicted molar refractivity (Wildman–Crippen MR) is 79.7 cm³/mol. The molecule has 0 saturated carbocycles. The Morgan fingerprint density at radius 2 is 2.00 bits per heavy atom. The van der Waals surface area contributed by atoms with Gasteiger partial charge in [-0.2, -0.15) is 0 Å². The molecule has 1 saturated heterocycles. The number of likely N-dealkylation sites (tertiary alicyclic amines) is 1. The van der Waals surface area contributed by atoms with Crippen LogP contribution in [0, 0.1) is 13.8 Å². The van der Waals surface area contributed by atoms with E-state index in [1.807, 2.05) is 0 Å². The van der Waals surface area contributed by atoms with E-state index in [4.69, 9.17) is 10.5 Å². The molecule has 0 spiro atoms. The molecule has 2 N–H and O–H groups in total. The Hall–Kier alpha value is -1.06. The third kappa shape index (κ3) is 3.71. The minimum Gasteiger partial charge on any atom is -0.493 e. The maximum atomic E-state index is 5.93. The largest absolute Gasteiger partial charge is 0.493 e. The first-order valence-electron chi connectivity index (χ1n) is 7.35. The van der Waals surface area contributed by atoms with Crippen LogP contribution < -0.4 is 10.5 Å². The summed E-state index contributed by atoms with van der Waals surface area (Å²) in [5, 5.41) is 0. The summed E-state index contributed by atoms with van der Waals surface area (Å²) in [5.74, 6) is 1.01. The summed E-state index contributed by atoms with van der Waals surface area (Å²) >= 11 is 0. The fourth-order valence-electron chi connectivity index (χ4n) is 2.74. The number of nitrogens with zero attached hydrogens (tertiary/aromatic N) is 1. The fourth-order valence-corrected chi connectivity index (χ4v) is 2.74. The molecule has 0 aromatic heterocycles. The second kappa shape index (κ2) is 6.92. The van der Waals surface area contributed by atoms with Gasteiger partial charge in [0.15, 0.2) is 0 Å². The summed E-state index contributed by atoms with van der Waals surface area (Å²) in [4.78, 5) is 2.51. The van der Waals surface area contributed by atoms with E-state index in [1.165, 1.54) is 37.1 Å². The van der Waals surface area contributed by atoms with Crippen molar-refractivity contribution in [1.29, 1.82) is 0 Å². The second-order valence-electron chi connectivity index (χ2n) is 5.47. The molecule has 1 unspecified atom stereocenters. The molecule has 1 aromatic rings. The van der Waals surface area contributed by atoms with Crippen LogP contribution >= 0.6 is 0 Å². The number of nitrogens with two attached hydrogens (primary N) is 1. The van der Waals surface area contributed by atoms with Gasteiger partial charge < -0.3 is 10.5 Å². The van der Waals surface area contributed by atoms with Crippen molar-refractivity contribution < 1.29 is 4.74 Å². The molecular weight excluding hydrogens is 236 g/mol. The van der Waals surface area contributed by atoms with Crippen LogP contribution in [0.3, 0.4) is 0 Å². The van der Waals surface area contributed by atoms with Crippen LogP contribution in [0.15, 0.2) is 18.2 Å². The molecule has 106 valence electrons. The number of ether oxygens (including phenoxy) is 1. The van der Waals surface area contributed by atoms with Gasteiger partial charge >= 0.3 is 0 Å². The SMILES string of the molecule is Cc1cccc(OCCC(CN)N2CCCC2)c1C. The van der Waals surface area contributed by atoms with Crippen molar-refractivity contribution >= 4 is 0 Å². The molecule has 3 nitrogen and oxygen atoms in total. The summed E-state index contributed by atoms with van der Waals surface area (Å²) in [6.45, 7) is 8.12. The molecule has 0 amide bonds. The van der Waals surface area contributed by atoms with Gasteiger partial charge in [0, 0.05) is 12.6 Å². The van der Waals surface area contributed by atoms with Gasteiger partial charge in [0.2, 0.25) is 0 Å². The van der Waals surface area contributed by atoms with Crippen LogP contribution in [0.1, 0.15) is 30.4 Å². The Balaban J connectivity index is 1.83. The highest BCUT2D eigenvalue weighted by Gasteiger charge is 2.20. The highest BCUT2D eigenvalue weighted by molar-refractivity contribution is 5.38. The van der Waals surface area contributed by atoms with Crippen LogP contribution in [0.5, 0.6) is 5.75 Å². The Morgan fingerprint density at radius 3 is 2.68 bits per heavy atom. The van der Waals surface area contributed by atoms with Gasteiger partial charge in [0.1, 0.15) is 5.75 Å². The van der Waals surface area contributed by atoms with Gasteiger partial charge in [-0.3, -0.25) is 4.90 Å². The van der Waals surface area contributed by atoms with Crippen LogP contribution in [0.4, 0.5) is 0 Å². The summed E-state index contributed by atoms with van der Waals surface area (Å²) in [6.07, 6.45) is 3.65. The van der Waals surface area contributed by atoms with Crippen LogP contribution in [-0.4, -0.2) is 37.2 Å². The highest BCUT2D eigenvalue weighted by atomic mass is 16.5. The van der Waals surface area contributed by atoms with Crippen molar-refractivity contribution in [3.63, 3.8) is 0 Å². The number of aryl methyl sites for hydroxylation is 1. The quantitative estimate of drug-likeness (QED) is 0.856. The minimum atomic E-state index is 0.479. The zero-order valence-electron chi connectivity index (χ0n) is 12.2. The lowest BCUT2D eigenvalue weighted by Gasteiger charge is -2.26. The molecule has 2 rings (SSSR count). The van der Waals surface area contributed by atoms with Crippen LogP contribution in [0.2, 0.25) is 0 Å². The lowest BCUT2D eigenvalue weighted by Crippen LogP contribution is -2.39. The van der Waals surface area contributed by atoms with Crippen molar-refractivity contribution in [3.05, 3.63) is 29.3 Å². The van der Waals surface area contributed by atoms with E-state index in [9.17, 15) is 0 Å². The van der Waals surface area contributed by atoms with E-state index in [0.717, 1.165) is 25.3 Å². The number of benzene rings is 1. The van der Waals surface area contributed by atoms with Crippen molar-refractivity contribution in [2.45, 2.75) is 39.2 Å². The van der Waals surface area contributed by atoms with E-state index < -0.39 is 0 Å². The molecule has 0 radical (unpaired) electrons. The van der Waals surface area contributed by atoms with E-state index >= 15 is 0 Å². The van der Waals surface area contributed by atoms with Crippen molar-refractivity contribution in [2.75, 3.05) is 26.2 Å². The molecule has 0 aliphatic carbocycles. The molecule has 0 bridgehead atoms. The van der Waals surface area contributed by atoms with Gasteiger partial charge in [-0.25, -0.2) is 0 Å². The summed E-state index contributed by atoms with van der Waals surface area (Å²) in [6, 6.07) is 6.70. The van der Waals surface area contributed by atoms with Gasteiger partial charge in [0.25, 0.3) is 0 Å².